The summed E-state index contributed by atoms with van der Waals surface area (Å²) in [5, 5.41) is 69.4. The van der Waals surface area contributed by atoms with Crippen molar-refractivity contribution in [3.05, 3.63) is 58.7 Å². The standard InChI is InChI=1S/C23H23NO10/c1-23(7-15(28)20(31)16(29)8-23)21-18(6-11-12(25)4-10(24)5-17(11)33-21)34-22(32)9-2-13(26)19(30)14(27)3-9/h2-5,7,18,21,25-31H,6,8,24H2,1H3/t18-,21+,23?/m1/s1. The molecule has 0 bridgehead atoms. The molecule has 34 heavy (non-hydrogen) atoms. The zero-order valence-electron chi connectivity index (χ0n) is 17.9. The van der Waals surface area contributed by atoms with Crippen LogP contribution in [-0.2, 0) is 11.2 Å². The number of esters is 1. The molecule has 180 valence electrons. The molecule has 9 N–H and O–H groups in total. The normalized spacial score (nSPS) is 24.1. The van der Waals surface area contributed by atoms with E-state index in [1.165, 1.54) is 18.2 Å². The Labute approximate surface area is 192 Å². The van der Waals surface area contributed by atoms with E-state index in [0.717, 1.165) is 12.1 Å². The van der Waals surface area contributed by atoms with Gasteiger partial charge < -0.3 is 51.0 Å². The number of anilines is 1. The van der Waals surface area contributed by atoms with E-state index < -0.39 is 58.1 Å². The average molecular weight is 473 g/mol. The predicted octanol–water partition coefficient (Wildman–Crippen LogP) is 2.80. The monoisotopic (exact) mass is 473 g/mol. The minimum absolute atomic E-state index is 0.0471. The fourth-order valence-electron chi connectivity index (χ4n) is 4.28. The molecule has 1 heterocycles. The summed E-state index contributed by atoms with van der Waals surface area (Å²) in [4.78, 5) is 12.9. The molecule has 1 unspecified atom stereocenters. The molecule has 4 rings (SSSR count). The van der Waals surface area contributed by atoms with Crippen molar-refractivity contribution in [2.24, 2.45) is 5.41 Å². The van der Waals surface area contributed by atoms with Crippen molar-refractivity contribution < 1.29 is 50.0 Å². The Morgan fingerprint density at radius 3 is 2.29 bits per heavy atom. The van der Waals surface area contributed by atoms with Gasteiger partial charge in [-0.15, -0.1) is 0 Å². The highest BCUT2D eigenvalue weighted by molar-refractivity contribution is 5.91. The van der Waals surface area contributed by atoms with Crippen molar-refractivity contribution in [2.45, 2.75) is 32.0 Å². The van der Waals surface area contributed by atoms with Crippen LogP contribution in [0.15, 0.2) is 47.6 Å². The number of benzene rings is 2. The lowest BCUT2D eigenvalue weighted by Crippen LogP contribution is -2.51. The van der Waals surface area contributed by atoms with Gasteiger partial charge in [-0.1, -0.05) is 6.92 Å². The van der Waals surface area contributed by atoms with Gasteiger partial charge in [0.15, 0.2) is 28.8 Å². The number of aliphatic hydroxyl groups excluding tert-OH is 3. The van der Waals surface area contributed by atoms with Crippen molar-refractivity contribution in [2.75, 3.05) is 5.73 Å². The van der Waals surface area contributed by atoms with E-state index in [2.05, 4.69) is 0 Å². The molecule has 11 heteroatoms. The maximum atomic E-state index is 12.9. The first-order chi connectivity index (χ1) is 15.9. The maximum Gasteiger partial charge on any atom is 0.338 e. The molecule has 2 aromatic carbocycles. The van der Waals surface area contributed by atoms with Crippen LogP contribution in [0.25, 0.3) is 0 Å². The third-order valence-corrected chi connectivity index (χ3v) is 5.95. The van der Waals surface area contributed by atoms with Gasteiger partial charge in [0.25, 0.3) is 0 Å². The van der Waals surface area contributed by atoms with Crippen LogP contribution >= 0.6 is 0 Å². The second-order valence-electron chi connectivity index (χ2n) is 8.57. The largest absolute Gasteiger partial charge is 0.508 e. The lowest BCUT2D eigenvalue weighted by Gasteiger charge is -2.43. The van der Waals surface area contributed by atoms with Crippen LogP contribution in [0.1, 0.15) is 29.3 Å². The Bertz CT molecular complexity index is 1230. The van der Waals surface area contributed by atoms with Crippen LogP contribution in [0, 0.1) is 5.41 Å². The molecule has 11 nitrogen and oxygen atoms in total. The first-order valence-corrected chi connectivity index (χ1v) is 10.2. The van der Waals surface area contributed by atoms with E-state index in [9.17, 15) is 40.5 Å². The summed E-state index contributed by atoms with van der Waals surface area (Å²) >= 11 is 0. The summed E-state index contributed by atoms with van der Waals surface area (Å²) in [5.74, 6) is -5.01. The SMILES string of the molecule is CC1([C@H]2Oc3cc(N)cc(O)c3C[C@H]2OC(=O)c2cc(O)c(O)c(O)c2)C=C(O)C(O)=C(O)C1. The number of phenolic OH excluding ortho intramolecular Hbond substituents is 4. The highest BCUT2D eigenvalue weighted by Crippen LogP contribution is 2.47. The van der Waals surface area contributed by atoms with E-state index in [1.54, 1.807) is 6.92 Å². The fourth-order valence-corrected chi connectivity index (χ4v) is 4.28. The molecule has 1 aliphatic carbocycles. The summed E-state index contributed by atoms with van der Waals surface area (Å²) in [6.45, 7) is 1.60. The number of hydrogen-bond donors (Lipinski definition) is 8. The van der Waals surface area contributed by atoms with Gasteiger partial charge in [-0.2, -0.15) is 0 Å². The number of carbonyl (C=O) groups excluding carboxylic acids is 1. The maximum absolute atomic E-state index is 12.9. The quantitative estimate of drug-likeness (QED) is 0.185. The summed E-state index contributed by atoms with van der Waals surface area (Å²) < 4.78 is 11.7. The number of hydrogen-bond acceptors (Lipinski definition) is 11. The molecule has 0 saturated heterocycles. The highest BCUT2D eigenvalue weighted by atomic mass is 16.6. The molecule has 2 aliphatic rings. The number of aromatic hydroxyl groups is 4. The van der Waals surface area contributed by atoms with Gasteiger partial charge in [0.2, 0.25) is 0 Å². The molecule has 0 fully saturated rings. The lowest BCUT2D eigenvalue weighted by molar-refractivity contribution is -0.0566. The summed E-state index contributed by atoms with van der Waals surface area (Å²) in [6.07, 6.45) is -1.10. The molecular weight excluding hydrogens is 450 g/mol. The van der Waals surface area contributed by atoms with Crippen LogP contribution < -0.4 is 10.5 Å². The van der Waals surface area contributed by atoms with Gasteiger partial charge in [0.05, 0.1) is 5.56 Å². The molecule has 0 saturated carbocycles. The first kappa shape index (κ1) is 22.8. The topological polar surface area (TPSA) is 203 Å². The molecule has 0 aromatic heterocycles. The Morgan fingerprint density at radius 1 is 1.03 bits per heavy atom. The number of allylic oxidation sites excluding steroid dienone is 1. The Kier molecular flexibility index (Phi) is 5.27. The zero-order valence-corrected chi connectivity index (χ0v) is 17.9. The minimum atomic E-state index is -1.19. The number of carbonyl (C=O) groups is 1. The van der Waals surface area contributed by atoms with Gasteiger partial charge >= 0.3 is 5.97 Å². The van der Waals surface area contributed by atoms with Crippen LogP contribution in [0.2, 0.25) is 0 Å². The number of rotatable bonds is 3. The molecule has 1 aliphatic heterocycles. The van der Waals surface area contributed by atoms with E-state index in [1.807, 2.05) is 0 Å². The van der Waals surface area contributed by atoms with Crippen LogP contribution in [-0.4, -0.2) is 53.9 Å². The predicted molar refractivity (Wildman–Crippen MR) is 117 cm³/mol. The third kappa shape index (κ3) is 3.81. The third-order valence-electron chi connectivity index (χ3n) is 5.95. The van der Waals surface area contributed by atoms with Crippen molar-refractivity contribution >= 4 is 11.7 Å². The van der Waals surface area contributed by atoms with Crippen molar-refractivity contribution in [1.29, 1.82) is 0 Å². The number of nitrogen functional groups attached to an aromatic ring is 1. The molecule has 0 amide bonds. The second-order valence-corrected chi connectivity index (χ2v) is 8.57. The van der Waals surface area contributed by atoms with Gasteiger partial charge in [-0.05, 0) is 18.2 Å². The molecule has 2 aromatic rings. The van der Waals surface area contributed by atoms with E-state index in [4.69, 9.17) is 15.2 Å². The average Bonchev–Trinajstić information content (AvgIpc) is 2.75. The summed E-state index contributed by atoms with van der Waals surface area (Å²) in [6, 6.07) is 4.59. The number of nitrogens with two attached hydrogens (primary N) is 1. The zero-order chi connectivity index (χ0) is 24.9. The fraction of sp³-hybridized carbons (Fsp3) is 0.261. The number of phenols is 4. The Balaban J connectivity index is 1.74. The first-order valence-electron chi connectivity index (χ1n) is 10.2. The summed E-state index contributed by atoms with van der Waals surface area (Å²) in [7, 11) is 0. The van der Waals surface area contributed by atoms with Crippen molar-refractivity contribution in [3.8, 4) is 28.7 Å². The van der Waals surface area contributed by atoms with Crippen LogP contribution in [0.3, 0.4) is 0 Å². The number of fused-ring (bicyclic) bond motifs is 1. The van der Waals surface area contributed by atoms with Gasteiger partial charge in [0.1, 0.15) is 29.5 Å². The van der Waals surface area contributed by atoms with E-state index >= 15 is 0 Å². The second kappa shape index (κ2) is 7.87. The van der Waals surface area contributed by atoms with Crippen molar-refractivity contribution in [3.63, 3.8) is 0 Å². The molecule has 3 atom stereocenters. The highest BCUT2D eigenvalue weighted by Gasteiger charge is 2.48. The van der Waals surface area contributed by atoms with Gasteiger partial charge in [-0.3, -0.25) is 0 Å². The molecule has 0 spiro atoms. The Morgan fingerprint density at radius 2 is 1.68 bits per heavy atom. The smallest absolute Gasteiger partial charge is 0.338 e. The van der Waals surface area contributed by atoms with Crippen molar-refractivity contribution in [1.82, 2.24) is 0 Å². The molecular formula is C23H23NO10. The number of ether oxygens (including phenoxy) is 2. The van der Waals surface area contributed by atoms with E-state index in [0.29, 0.717) is 5.56 Å². The van der Waals surface area contributed by atoms with Gasteiger partial charge in [0, 0.05) is 41.6 Å². The lowest BCUT2D eigenvalue weighted by atomic mass is 9.73. The van der Waals surface area contributed by atoms with Crippen LogP contribution in [0.4, 0.5) is 5.69 Å². The number of aliphatic hydroxyl groups is 3. The Hall–Kier alpha value is -4.41. The minimum Gasteiger partial charge on any atom is -0.508 e. The van der Waals surface area contributed by atoms with Crippen LogP contribution in [0.5, 0.6) is 28.7 Å². The summed E-state index contributed by atoms with van der Waals surface area (Å²) in [5.41, 5.74) is 4.86. The molecule has 0 radical (unpaired) electrons. The van der Waals surface area contributed by atoms with E-state index in [-0.39, 0.29) is 35.6 Å². The van der Waals surface area contributed by atoms with Gasteiger partial charge in [-0.25, -0.2) is 4.79 Å².